The molecule has 0 aliphatic carbocycles. The lowest BCUT2D eigenvalue weighted by molar-refractivity contribution is -0.137. The average Bonchev–Trinajstić information content (AvgIpc) is 2.59. The highest BCUT2D eigenvalue weighted by atomic mass is 79.9. The molecule has 0 saturated carbocycles. The summed E-state index contributed by atoms with van der Waals surface area (Å²) < 4.78 is 17.5. The smallest absolute Gasteiger partial charge is 0.313 e. The maximum atomic E-state index is 12.8. The number of carbonyl (C=O) groups is 1. The molecule has 0 spiro atoms. The number of fused-ring (bicyclic) bond motifs is 1. The Balaban J connectivity index is 2.02. The molecule has 0 bridgehead atoms. The van der Waals surface area contributed by atoms with Gasteiger partial charge in [-0.25, -0.2) is 0 Å². The molecule has 3 rings (SSSR count). The van der Waals surface area contributed by atoms with Crippen molar-refractivity contribution < 1.29 is 18.7 Å². The van der Waals surface area contributed by atoms with Crippen molar-refractivity contribution in [1.29, 1.82) is 0 Å². The van der Waals surface area contributed by atoms with E-state index in [0.717, 1.165) is 4.47 Å². The first-order chi connectivity index (χ1) is 12.4. The normalized spacial score (nSPS) is 11.0. The van der Waals surface area contributed by atoms with Crippen molar-refractivity contribution in [3.05, 3.63) is 62.9 Å². The Morgan fingerprint density at radius 1 is 1.15 bits per heavy atom. The summed E-state index contributed by atoms with van der Waals surface area (Å²) in [5, 5.41) is 0.349. The molecular formula is C20H17BrO5. The van der Waals surface area contributed by atoms with Crippen LogP contribution in [0.3, 0.4) is 0 Å². The molecule has 0 aliphatic rings. The highest BCUT2D eigenvalue weighted by Gasteiger charge is 2.16. The van der Waals surface area contributed by atoms with Gasteiger partial charge in [0.1, 0.15) is 22.8 Å². The second kappa shape index (κ2) is 7.33. The summed E-state index contributed by atoms with van der Waals surface area (Å²) in [6.45, 7) is 5.15. The summed E-state index contributed by atoms with van der Waals surface area (Å²) in [6.07, 6.45) is 0. The molecule has 0 unspecified atom stereocenters. The van der Waals surface area contributed by atoms with Crippen molar-refractivity contribution in [1.82, 2.24) is 0 Å². The number of carbonyl (C=O) groups excluding carboxylic acids is 1. The fourth-order valence-electron chi connectivity index (χ4n) is 2.32. The molecule has 0 aliphatic heterocycles. The van der Waals surface area contributed by atoms with Crippen LogP contribution in [0.4, 0.5) is 0 Å². The molecule has 26 heavy (non-hydrogen) atoms. The molecule has 2 aromatic carbocycles. The van der Waals surface area contributed by atoms with Gasteiger partial charge >= 0.3 is 5.97 Å². The van der Waals surface area contributed by atoms with Crippen molar-refractivity contribution in [2.45, 2.75) is 20.8 Å². The van der Waals surface area contributed by atoms with Gasteiger partial charge < -0.3 is 13.9 Å². The summed E-state index contributed by atoms with van der Waals surface area (Å²) in [4.78, 5) is 24.5. The van der Waals surface area contributed by atoms with Crippen molar-refractivity contribution >= 4 is 32.9 Å². The number of hydrogen-bond acceptors (Lipinski definition) is 5. The van der Waals surface area contributed by atoms with Gasteiger partial charge in [0.2, 0.25) is 11.2 Å². The fourth-order valence-corrected chi connectivity index (χ4v) is 2.69. The third-order valence-electron chi connectivity index (χ3n) is 3.73. The predicted octanol–water partition coefficient (Wildman–Crippen LogP) is 5.22. The number of aryl methyl sites for hydroxylation is 1. The SMILES string of the molecule is Cc1oc2cc(OC(=O)C(C)C)ccc2c(=O)c1Oc1ccccc1Br. The Kier molecular flexibility index (Phi) is 5.13. The highest BCUT2D eigenvalue weighted by molar-refractivity contribution is 9.10. The van der Waals surface area contributed by atoms with Crippen molar-refractivity contribution in [3.63, 3.8) is 0 Å². The predicted molar refractivity (Wildman–Crippen MR) is 102 cm³/mol. The fraction of sp³-hybridized carbons (Fsp3) is 0.200. The van der Waals surface area contributed by atoms with E-state index in [9.17, 15) is 9.59 Å². The van der Waals surface area contributed by atoms with E-state index >= 15 is 0 Å². The van der Waals surface area contributed by atoms with Gasteiger partial charge in [0.25, 0.3) is 0 Å². The lowest BCUT2D eigenvalue weighted by Crippen LogP contribution is -2.15. The number of esters is 1. The van der Waals surface area contributed by atoms with Crippen LogP contribution in [0.1, 0.15) is 19.6 Å². The summed E-state index contributed by atoms with van der Waals surface area (Å²) in [5.74, 6) is 0.710. The summed E-state index contributed by atoms with van der Waals surface area (Å²) >= 11 is 3.39. The lowest BCUT2D eigenvalue weighted by atomic mass is 10.2. The van der Waals surface area contributed by atoms with Crippen LogP contribution in [-0.2, 0) is 4.79 Å². The van der Waals surface area contributed by atoms with Gasteiger partial charge in [-0.05, 0) is 47.1 Å². The molecule has 3 aromatic rings. The van der Waals surface area contributed by atoms with E-state index < -0.39 is 0 Å². The molecule has 1 heterocycles. The number of para-hydroxylation sites is 1. The molecule has 0 atom stereocenters. The van der Waals surface area contributed by atoms with Crippen molar-refractivity contribution in [3.8, 4) is 17.2 Å². The third-order valence-corrected chi connectivity index (χ3v) is 4.38. The van der Waals surface area contributed by atoms with Crippen LogP contribution in [0.15, 0.2) is 56.1 Å². The topological polar surface area (TPSA) is 65.7 Å². The van der Waals surface area contributed by atoms with E-state index in [4.69, 9.17) is 13.9 Å². The van der Waals surface area contributed by atoms with E-state index in [-0.39, 0.29) is 23.1 Å². The van der Waals surface area contributed by atoms with E-state index in [2.05, 4.69) is 15.9 Å². The minimum Gasteiger partial charge on any atom is -0.457 e. The summed E-state index contributed by atoms with van der Waals surface area (Å²) in [7, 11) is 0. The van der Waals surface area contributed by atoms with E-state index in [1.807, 2.05) is 18.2 Å². The van der Waals surface area contributed by atoms with E-state index in [1.54, 1.807) is 39.0 Å². The Labute approximate surface area is 158 Å². The largest absolute Gasteiger partial charge is 0.457 e. The molecule has 134 valence electrons. The van der Waals surface area contributed by atoms with Crippen LogP contribution >= 0.6 is 15.9 Å². The minimum absolute atomic E-state index is 0.122. The van der Waals surface area contributed by atoms with Gasteiger partial charge in [-0.3, -0.25) is 9.59 Å². The Morgan fingerprint density at radius 3 is 2.58 bits per heavy atom. The van der Waals surface area contributed by atoms with Crippen LogP contribution in [0.2, 0.25) is 0 Å². The lowest BCUT2D eigenvalue weighted by Gasteiger charge is -2.11. The molecule has 0 saturated heterocycles. The number of rotatable bonds is 4. The standard InChI is InChI=1S/C20H17BrO5/c1-11(2)20(23)25-13-8-9-14-17(10-13)24-12(3)19(18(14)22)26-16-7-5-4-6-15(16)21/h4-11H,1-3H3. The third kappa shape index (κ3) is 3.65. The molecule has 5 nitrogen and oxygen atoms in total. The van der Waals surface area contributed by atoms with Crippen molar-refractivity contribution in [2.75, 3.05) is 0 Å². The van der Waals surface area contributed by atoms with Gasteiger partial charge in [-0.2, -0.15) is 0 Å². The van der Waals surface area contributed by atoms with Crippen molar-refractivity contribution in [2.24, 2.45) is 5.92 Å². The van der Waals surface area contributed by atoms with Crippen LogP contribution in [-0.4, -0.2) is 5.97 Å². The highest BCUT2D eigenvalue weighted by Crippen LogP contribution is 2.31. The molecule has 0 N–H and O–H groups in total. The van der Waals surface area contributed by atoms with Gasteiger partial charge in [0.15, 0.2) is 0 Å². The van der Waals surface area contributed by atoms with Gasteiger partial charge in [-0.15, -0.1) is 0 Å². The molecular weight excluding hydrogens is 400 g/mol. The first kappa shape index (κ1) is 18.2. The maximum absolute atomic E-state index is 12.8. The zero-order chi connectivity index (χ0) is 18.8. The number of halogens is 1. The van der Waals surface area contributed by atoms with Crippen LogP contribution in [0.5, 0.6) is 17.2 Å². The molecule has 1 aromatic heterocycles. The number of ether oxygens (including phenoxy) is 2. The van der Waals surface area contributed by atoms with Gasteiger partial charge in [-0.1, -0.05) is 26.0 Å². The van der Waals surface area contributed by atoms with E-state index in [1.165, 1.54) is 6.07 Å². The molecule has 0 radical (unpaired) electrons. The average molecular weight is 417 g/mol. The molecule has 6 heteroatoms. The van der Waals surface area contributed by atoms with Crippen LogP contribution in [0, 0.1) is 12.8 Å². The van der Waals surface area contributed by atoms with Gasteiger partial charge in [0, 0.05) is 6.07 Å². The first-order valence-electron chi connectivity index (χ1n) is 8.08. The zero-order valence-electron chi connectivity index (χ0n) is 14.5. The van der Waals surface area contributed by atoms with Crippen LogP contribution < -0.4 is 14.9 Å². The second-order valence-corrected chi connectivity index (χ2v) is 6.94. The minimum atomic E-state index is -0.350. The maximum Gasteiger partial charge on any atom is 0.313 e. The Morgan fingerprint density at radius 2 is 1.88 bits per heavy atom. The molecule has 0 fully saturated rings. The summed E-state index contributed by atoms with van der Waals surface area (Å²) in [5.41, 5.74) is 0.0438. The van der Waals surface area contributed by atoms with Gasteiger partial charge in [0.05, 0.1) is 15.8 Å². The van der Waals surface area contributed by atoms with Crippen LogP contribution in [0.25, 0.3) is 11.0 Å². The number of benzene rings is 2. The Hall–Kier alpha value is -2.60. The van der Waals surface area contributed by atoms with E-state index in [0.29, 0.717) is 28.2 Å². The quantitative estimate of drug-likeness (QED) is 0.430. The summed E-state index contributed by atoms with van der Waals surface area (Å²) in [6, 6.07) is 11.9. The second-order valence-electron chi connectivity index (χ2n) is 6.08. The first-order valence-corrected chi connectivity index (χ1v) is 8.87. The monoisotopic (exact) mass is 416 g/mol. The number of hydrogen-bond donors (Lipinski definition) is 0. The molecule has 0 amide bonds. The Bertz CT molecular complexity index is 1040. The zero-order valence-corrected chi connectivity index (χ0v) is 16.1.